The number of benzene rings is 2. The molecule has 0 bridgehead atoms. The number of fused-ring (bicyclic) bond motifs is 1. The highest BCUT2D eigenvalue weighted by Crippen LogP contribution is 2.32. The summed E-state index contributed by atoms with van der Waals surface area (Å²) in [7, 11) is 0. The summed E-state index contributed by atoms with van der Waals surface area (Å²) in [4.78, 5) is 29.2. The minimum absolute atomic E-state index is 0.202. The number of ether oxygens (including phenoxy) is 1. The van der Waals surface area contributed by atoms with Gasteiger partial charge in [0.1, 0.15) is 11.5 Å². The van der Waals surface area contributed by atoms with Gasteiger partial charge in [0.15, 0.2) is 0 Å². The average Bonchev–Trinajstić information content (AvgIpc) is 2.85. The molecule has 0 spiro atoms. The first kappa shape index (κ1) is 22.6. The third-order valence-corrected chi connectivity index (χ3v) is 5.95. The molecular weight excluding hydrogens is 416 g/mol. The van der Waals surface area contributed by atoms with E-state index in [9.17, 15) is 9.70 Å². The molecule has 2 heterocycles. The standard InChI is InChI=1S/C26H28N4O3/c1-18-22-12-11-21(33-20-9-5-3-6-10-20)15-23(22)24(17-30-13-7-4-8-14-30)28-26(18)19(2)27-16-25(31)29-32/h3,5-6,9-12,15,27H,2,4,7-8,13-14,16-17H2,1H3. The van der Waals surface area contributed by atoms with Crippen LogP contribution in [0.1, 0.15) is 36.2 Å². The number of aryl methyl sites for hydroxylation is 1. The molecule has 0 saturated carbocycles. The fourth-order valence-electron chi connectivity index (χ4n) is 4.23. The lowest BCUT2D eigenvalue weighted by Gasteiger charge is -2.27. The van der Waals surface area contributed by atoms with Crippen molar-refractivity contribution in [2.45, 2.75) is 32.7 Å². The summed E-state index contributed by atoms with van der Waals surface area (Å²) in [6.45, 7) is 8.65. The first-order chi connectivity index (χ1) is 16.0. The minimum atomic E-state index is -0.772. The number of rotatable bonds is 8. The Hall–Kier alpha value is -3.58. The zero-order valence-corrected chi connectivity index (χ0v) is 18.8. The molecule has 33 heavy (non-hydrogen) atoms. The van der Waals surface area contributed by atoms with Gasteiger partial charge in [-0.3, -0.25) is 9.69 Å². The zero-order valence-electron chi connectivity index (χ0n) is 18.8. The molecule has 3 aromatic rings. The maximum Gasteiger partial charge on any atom is 0.305 e. The fourth-order valence-corrected chi connectivity index (χ4v) is 4.23. The van der Waals surface area contributed by atoms with Gasteiger partial charge in [0.2, 0.25) is 0 Å². The lowest BCUT2D eigenvalue weighted by atomic mass is 10.00. The smallest absolute Gasteiger partial charge is 0.305 e. The van der Waals surface area contributed by atoms with E-state index in [0.29, 0.717) is 11.4 Å². The molecule has 0 unspecified atom stereocenters. The Kier molecular flexibility index (Phi) is 7.10. The summed E-state index contributed by atoms with van der Waals surface area (Å²) in [5.41, 5.74) is 3.07. The van der Waals surface area contributed by atoms with Crippen LogP contribution in [0.2, 0.25) is 0 Å². The van der Waals surface area contributed by atoms with E-state index in [4.69, 9.17) is 9.72 Å². The van der Waals surface area contributed by atoms with Crippen LogP contribution in [0.5, 0.6) is 11.5 Å². The van der Waals surface area contributed by atoms with Gasteiger partial charge >= 0.3 is 5.91 Å². The van der Waals surface area contributed by atoms with Crippen LogP contribution in [0.3, 0.4) is 0 Å². The van der Waals surface area contributed by atoms with Crippen LogP contribution in [0.25, 0.3) is 16.5 Å². The van der Waals surface area contributed by atoms with E-state index < -0.39 is 5.91 Å². The van der Waals surface area contributed by atoms with Crippen molar-refractivity contribution in [3.05, 3.63) is 77.0 Å². The second-order valence-corrected chi connectivity index (χ2v) is 8.31. The maximum atomic E-state index is 11.3. The third-order valence-electron chi connectivity index (χ3n) is 5.95. The Bertz CT molecular complexity index is 1170. The highest BCUT2D eigenvalue weighted by Gasteiger charge is 2.18. The van der Waals surface area contributed by atoms with E-state index >= 15 is 0 Å². The number of pyridine rings is 1. The summed E-state index contributed by atoms with van der Waals surface area (Å²) in [6.07, 6.45) is 3.64. The number of piperidine rings is 1. The van der Waals surface area contributed by atoms with Crippen LogP contribution >= 0.6 is 0 Å². The monoisotopic (exact) mass is 444 g/mol. The van der Waals surface area contributed by atoms with Crippen molar-refractivity contribution in [3.63, 3.8) is 0 Å². The van der Waals surface area contributed by atoms with Crippen LogP contribution in [0.15, 0.2) is 60.3 Å². The molecule has 1 aliphatic heterocycles. The highest BCUT2D eigenvalue weighted by atomic mass is 16.5. The molecule has 0 atom stereocenters. The summed E-state index contributed by atoms with van der Waals surface area (Å²) < 4.78 is 6.08. The predicted octanol–water partition coefficient (Wildman–Crippen LogP) is 5.17. The van der Waals surface area contributed by atoms with Crippen LogP contribution in [0.4, 0.5) is 0 Å². The largest absolute Gasteiger partial charge is 0.457 e. The topological polar surface area (TPSA) is 83.9 Å². The van der Waals surface area contributed by atoms with Crippen LogP contribution in [-0.4, -0.2) is 35.4 Å². The summed E-state index contributed by atoms with van der Waals surface area (Å²) in [5, 5.41) is 7.41. The normalized spacial score (nSPS) is 14.1. The number of likely N-dealkylation sites (tertiary alicyclic amines) is 1. The molecule has 0 aliphatic carbocycles. The van der Waals surface area contributed by atoms with Gasteiger partial charge in [-0.05, 0) is 68.1 Å². The quantitative estimate of drug-likeness (QED) is 0.482. The van der Waals surface area contributed by atoms with Gasteiger partial charge in [-0.25, -0.2) is 4.98 Å². The van der Waals surface area contributed by atoms with Crippen LogP contribution in [-0.2, 0) is 11.3 Å². The first-order valence-electron chi connectivity index (χ1n) is 11.2. The molecule has 2 aromatic carbocycles. The minimum Gasteiger partial charge on any atom is -0.457 e. The third kappa shape index (κ3) is 5.43. The molecule has 1 aromatic heterocycles. The van der Waals surface area contributed by atoms with E-state index in [1.54, 1.807) is 0 Å². The lowest BCUT2D eigenvalue weighted by Crippen LogP contribution is -2.30. The van der Waals surface area contributed by atoms with Crippen LogP contribution in [0, 0.1) is 11.8 Å². The van der Waals surface area contributed by atoms with Crippen molar-refractivity contribution >= 4 is 22.4 Å². The Balaban J connectivity index is 1.72. The van der Waals surface area contributed by atoms with Crippen molar-refractivity contribution < 1.29 is 9.53 Å². The van der Waals surface area contributed by atoms with E-state index in [1.165, 1.54) is 19.3 Å². The Morgan fingerprint density at radius 2 is 1.85 bits per heavy atom. The lowest BCUT2D eigenvalue weighted by molar-refractivity contribution is -0.116. The second-order valence-electron chi connectivity index (χ2n) is 8.31. The average molecular weight is 445 g/mol. The first-order valence-corrected chi connectivity index (χ1v) is 11.2. The van der Waals surface area contributed by atoms with Crippen LogP contribution < -0.4 is 10.1 Å². The van der Waals surface area contributed by atoms with Gasteiger partial charge < -0.3 is 10.1 Å². The van der Waals surface area contributed by atoms with Crippen molar-refractivity contribution in [1.82, 2.24) is 15.2 Å². The Morgan fingerprint density at radius 3 is 2.58 bits per heavy atom. The number of aromatic nitrogens is 1. The number of hydrogen-bond donors (Lipinski definition) is 1. The van der Waals surface area contributed by atoms with E-state index in [-0.39, 0.29) is 6.54 Å². The Morgan fingerprint density at radius 1 is 1.09 bits per heavy atom. The number of nitroso groups, excluding NO2 is 1. The fraction of sp³-hybridized carbons (Fsp3) is 0.308. The molecule has 1 fully saturated rings. The summed E-state index contributed by atoms with van der Waals surface area (Å²) >= 11 is 0. The number of para-hydroxylation sites is 1. The zero-order chi connectivity index (χ0) is 23.2. The van der Waals surface area contributed by atoms with E-state index in [2.05, 4.69) is 22.0 Å². The second kappa shape index (κ2) is 10.4. The summed E-state index contributed by atoms with van der Waals surface area (Å²) in [5.74, 6) is 0.759. The molecule has 170 valence electrons. The molecule has 1 N–H and O–H groups in total. The highest BCUT2D eigenvalue weighted by molar-refractivity contribution is 5.92. The van der Waals surface area contributed by atoms with E-state index in [1.807, 2.05) is 55.5 Å². The van der Waals surface area contributed by atoms with Gasteiger partial charge in [0.05, 0.1) is 23.6 Å². The SMILES string of the molecule is C=C(NCC(=O)N=O)c1nc(CN2CCCCC2)c2cc(Oc3ccccc3)ccc2c1C. The van der Waals surface area contributed by atoms with Crippen molar-refractivity contribution in [2.75, 3.05) is 19.6 Å². The molecule has 4 rings (SSSR count). The number of hydrogen-bond acceptors (Lipinski definition) is 6. The number of carbonyl (C=O) groups is 1. The van der Waals surface area contributed by atoms with Gasteiger partial charge in [0, 0.05) is 17.1 Å². The number of nitrogens with zero attached hydrogens (tertiary/aromatic N) is 3. The van der Waals surface area contributed by atoms with Gasteiger partial charge in [-0.15, -0.1) is 4.91 Å². The summed E-state index contributed by atoms with van der Waals surface area (Å²) in [6, 6.07) is 15.7. The maximum absolute atomic E-state index is 11.3. The van der Waals surface area contributed by atoms with E-state index in [0.717, 1.165) is 53.2 Å². The molecule has 1 saturated heterocycles. The molecule has 0 radical (unpaired) electrons. The molecule has 1 amide bonds. The molecule has 7 nitrogen and oxygen atoms in total. The van der Waals surface area contributed by atoms with Crippen molar-refractivity contribution in [3.8, 4) is 11.5 Å². The molecular formula is C26H28N4O3. The molecule has 7 heteroatoms. The number of carbonyl (C=O) groups excluding carboxylic acids is 1. The van der Waals surface area contributed by atoms with Gasteiger partial charge in [-0.2, -0.15) is 0 Å². The predicted molar refractivity (Wildman–Crippen MR) is 130 cm³/mol. The van der Waals surface area contributed by atoms with Gasteiger partial charge in [0.25, 0.3) is 0 Å². The van der Waals surface area contributed by atoms with Crippen molar-refractivity contribution in [1.29, 1.82) is 0 Å². The van der Waals surface area contributed by atoms with Gasteiger partial charge in [-0.1, -0.05) is 37.3 Å². The number of amides is 1. The van der Waals surface area contributed by atoms with Crippen molar-refractivity contribution in [2.24, 2.45) is 5.18 Å². The Labute approximate surface area is 193 Å². The molecule has 1 aliphatic rings. The number of nitrogens with one attached hydrogen (secondary N) is 1.